The van der Waals surface area contributed by atoms with Gasteiger partial charge in [0.15, 0.2) is 0 Å². The molecular formula is C42H65N11O14. The summed E-state index contributed by atoms with van der Waals surface area (Å²) in [7, 11) is 0. The number of nitrogens with two attached hydrogens (primary N) is 4. The van der Waals surface area contributed by atoms with Crippen molar-refractivity contribution in [1.29, 1.82) is 0 Å². The number of benzene rings is 1. The first-order valence-electron chi connectivity index (χ1n) is 21.7. The van der Waals surface area contributed by atoms with Crippen LogP contribution in [0.4, 0.5) is 0 Å². The number of carboxylic acid groups (broad SMARTS) is 1. The number of primary amides is 3. The molecule has 2 rings (SSSR count). The van der Waals surface area contributed by atoms with Gasteiger partial charge in [-0.2, -0.15) is 0 Å². The Hall–Kier alpha value is -6.89. The van der Waals surface area contributed by atoms with Crippen molar-refractivity contribution < 1.29 is 68.1 Å². The van der Waals surface area contributed by atoms with Gasteiger partial charge in [-0.05, 0) is 61.6 Å². The number of likely N-dealkylation sites (tertiary alicyclic amines) is 1. The lowest BCUT2D eigenvalue weighted by molar-refractivity contribution is -0.143. The molecule has 25 heteroatoms. The Morgan fingerprint density at radius 2 is 1.19 bits per heavy atom. The van der Waals surface area contributed by atoms with Gasteiger partial charge in [-0.1, -0.05) is 39.8 Å². The topological polar surface area (TPSA) is 428 Å². The van der Waals surface area contributed by atoms with E-state index in [9.17, 15) is 68.1 Å². The smallest absolute Gasteiger partial charge is 0.326 e. The number of nitrogens with one attached hydrogen (secondary N) is 6. The van der Waals surface area contributed by atoms with E-state index < -0.39 is 139 Å². The normalized spacial score (nSPS) is 16.5. The molecule has 17 N–H and O–H groups in total. The molecule has 1 aromatic carbocycles. The van der Waals surface area contributed by atoms with E-state index in [1.54, 1.807) is 27.7 Å². The number of rotatable bonds is 28. The first-order chi connectivity index (χ1) is 31.3. The molecule has 372 valence electrons. The average Bonchev–Trinajstić information content (AvgIpc) is 3.74. The fourth-order valence-corrected chi connectivity index (χ4v) is 7.01. The molecule has 0 aromatic heterocycles. The molecule has 0 spiro atoms. The molecule has 0 saturated carbocycles. The molecule has 0 radical (unpaired) electrons. The maximum atomic E-state index is 14.5. The average molecular weight is 948 g/mol. The Kier molecular flexibility index (Phi) is 22.6. The standard InChI is InChI=1S/C42H65N11O14/c1-20(2)16-27(38(62)52-34(21(3)4)40(64)48-26(42(66)67)12-14-32(45)57)50-39(63)30-6-5-15-53(30)41(65)29(17-22-7-9-23(55)10-8-22)51-37(61)28(18-33(46)58)49-36(60)25(11-13-31(44)56)47-35(59)24(43)19-54/h7-10,20-21,24-30,34,54-55H,5-6,11-19,43H2,1-4H3,(H2,44,56)(H2,45,57)(H2,46,58)(H,47,59)(H,48,64)(H,49,60)(H,50,63)(H,51,61)(H,52,62)(H,66,67)/t24-,25-,26-,27-,28-,29-,30-,34-/m0/s1. The zero-order valence-corrected chi connectivity index (χ0v) is 38.0. The first kappa shape index (κ1) is 56.2. The van der Waals surface area contributed by atoms with Crippen LogP contribution in [-0.4, -0.2) is 147 Å². The van der Waals surface area contributed by atoms with Crippen LogP contribution in [0.2, 0.25) is 0 Å². The molecule has 1 aliphatic rings. The number of aliphatic carboxylic acids is 1. The summed E-state index contributed by atoms with van der Waals surface area (Å²) in [5, 5.41) is 43.5. The molecule has 1 heterocycles. The molecule has 1 aliphatic heterocycles. The van der Waals surface area contributed by atoms with Crippen molar-refractivity contribution in [1.82, 2.24) is 36.8 Å². The number of carboxylic acids is 1. The SMILES string of the molecule is CC(C)C[C@H](NC(=O)[C@@H]1CCCN1C(=O)[C@H](Cc1ccc(O)cc1)NC(=O)[C@H](CC(N)=O)NC(=O)[C@H](CCC(N)=O)NC(=O)[C@@H](N)CO)C(=O)N[C@H](C(=O)N[C@@H](CCC(N)=O)C(=O)O)C(C)C. The monoisotopic (exact) mass is 947 g/mol. The van der Waals surface area contributed by atoms with Crippen LogP contribution >= 0.6 is 0 Å². The molecular weight excluding hydrogens is 883 g/mol. The number of nitrogens with zero attached hydrogens (tertiary/aromatic N) is 1. The summed E-state index contributed by atoms with van der Waals surface area (Å²) in [6, 6.07) is -5.92. The van der Waals surface area contributed by atoms with Crippen molar-refractivity contribution in [2.45, 2.75) is 134 Å². The van der Waals surface area contributed by atoms with Crippen LogP contribution < -0.4 is 54.8 Å². The summed E-state index contributed by atoms with van der Waals surface area (Å²) in [6.45, 7) is 5.95. The highest BCUT2D eigenvalue weighted by Crippen LogP contribution is 2.22. The summed E-state index contributed by atoms with van der Waals surface area (Å²) < 4.78 is 0. The van der Waals surface area contributed by atoms with Crippen molar-refractivity contribution in [2.75, 3.05) is 13.2 Å². The molecule has 1 aromatic rings. The fourth-order valence-electron chi connectivity index (χ4n) is 7.01. The predicted octanol–water partition coefficient (Wildman–Crippen LogP) is -4.65. The molecule has 0 unspecified atom stereocenters. The third-order valence-corrected chi connectivity index (χ3v) is 10.6. The molecule has 67 heavy (non-hydrogen) atoms. The quantitative estimate of drug-likeness (QED) is 0.0376. The van der Waals surface area contributed by atoms with E-state index in [4.69, 9.17) is 22.9 Å². The number of aromatic hydroxyl groups is 1. The van der Waals surface area contributed by atoms with Crippen LogP contribution in [-0.2, 0) is 59.2 Å². The van der Waals surface area contributed by atoms with Crippen molar-refractivity contribution in [3.8, 4) is 5.75 Å². The molecule has 8 atom stereocenters. The van der Waals surface area contributed by atoms with Crippen molar-refractivity contribution in [2.24, 2.45) is 34.8 Å². The highest BCUT2D eigenvalue weighted by molar-refractivity contribution is 5.99. The van der Waals surface area contributed by atoms with Crippen LogP contribution in [0.15, 0.2) is 24.3 Å². The lowest BCUT2D eigenvalue weighted by Gasteiger charge is -2.31. The Bertz CT molecular complexity index is 1960. The zero-order chi connectivity index (χ0) is 50.7. The molecule has 1 fully saturated rings. The lowest BCUT2D eigenvalue weighted by Crippen LogP contribution is -2.61. The molecule has 0 aliphatic carbocycles. The number of phenols is 1. The van der Waals surface area contributed by atoms with Crippen LogP contribution in [0.1, 0.15) is 84.6 Å². The van der Waals surface area contributed by atoms with Crippen molar-refractivity contribution in [3.05, 3.63) is 29.8 Å². The van der Waals surface area contributed by atoms with Gasteiger partial charge in [-0.25, -0.2) is 4.79 Å². The van der Waals surface area contributed by atoms with Crippen molar-refractivity contribution >= 4 is 65.0 Å². The van der Waals surface area contributed by atoms with Crippen LogP contribution in [0, 0.1) is 11.8 Å². The van der Waals surface area contributed by atoms with E-state index in [0.29, 0.717) is 12.0 Å². The number of carbonyl (C=O) groups excluding carboxylic acids is 10. The minimum atomic E-state index is -1.77. The second-order valence-electron chi connectivity index (χ2n) is 17.0. The Morgan fingerprint density at radius 1 is 0.672 bits per heavy atom. The first-order valence-corrected chi connectivity index (χ1v) is 21.7. The van der Waals surface area contributed by atoms with Crippen LogP contribution in [0.3, 0.4) is 0 Å². The molecule has 10 amide bonds. The Morgan fingerprint density at radius 3 is 1.72 bits per heavy atom. The van der Waals surface area contributed by atoms with Gasteiger partial charge < -0.3 is 75.1 Å². The van der Waals surface area contributed by atoms with Crippen LogP contribution in [0.5, 0.6) is 5.75 Å². The maximum absolute atomic E-state index is 14.5. The van der Waals surface area contributed by atoms with Crippen molar-refractivity contribution in [3.63, 3.8) is 0 Å². The summed E-state index contributed by atoms with van der Waals surface area (Å²) >= 11 is 0. The van der Waals surface area contributed by atoms with Gasteiger partial charge in [0.05, 0.1) is 13.0 Å². The highest BCUT2D eigenvalue weighted by atomic mass is 16.4. The largest absolute Gasteiger partial charge is 0.508 e. The van der Waals surface area contributed by atoms with Gasteiger partial charge in [0, 0.05) is 25.8 Å². The number of carbonyl (C=O) groups is 11. The van der Waals surface area contributed by atoms with Gasteiger partial charge in [0.25, 0.3) is 0 Å². The third kappa shape index (κ3) is 18.9. The van der Waals surface area contributed by atoms with Gasteiger partial charge in [0.1, 0.15) is 54.1 Å². The number of aliphatic hydroxyl groups excluding tert-OH is 1. The number of hydrogen-bond donors (Lipinski definition) is 13. The number of aliphatic hydroxyl groups is 1. The minimum absolute atomic E-state index is 0.00860. The molecule has 0 bridgehead atoms. The zero-order valence-electron chi connectivity index (χ0n) is 38.0. The lowest BCUT2D eigenvalue weighted by atomic mass is 9.99. The molecule has 1 saturated heterocycles. The summed E-state index contributed by atoms with van der Waals surface area (Å²) in [5.74, 6) is -11.4. The van der Waals surface area contributed by atoms with Gasteiger partial charge in [0.2, 0.25) is 59.1 Å². The van der Waals surface area contributed by atoms with E-state index in [2.05, 4.69) is 31.9 Å². The van der Waals surface area contributed by atoms with E-state index in [0.717, 1.165) is 0 Å². The predicted molar refractivity (Wildman–Crippen MR) is 236 cm³/mol. The summed E-state index contributed by atoms with van der Waals surface area (Å²) in [6.07, 6.45) is -1.99. The minimum Gasteiger partial charge on any atom is -0.508 e. The Labute approximate surface area is 386 Å². The van der Waals surface area contributed by atoms with E-state index in [1.807, 2.05) is 0 Å². The van der Waals surface area contributed by atoms with E-state index in [-0.39, 0.29) is 56.7 Å². The molecule has 25 nitrogen and oxygen atoms in total. The second-order valence-corrected chi connectivity index (χ2v) is 17.0. The van der Waals surface area contributed by atoms with Gasteiger partial charge >= 0.3 is 5.97 Å². The summed E-state index contributed by atoms with van der Waals surface area (Å²) in [5.41, 5.74) is 21.8. The maximum Gasteiger partial charge on any atom is 0.326 e. The van der Waals surface area contributed by atoms with Crippen LogP contribution in [0.25, 0.3) is 0 Å². The highest BCUT2D eigenvalue weighted by Gasteiger charge is 2.41. The Balaban J connectivity index is 2.43. The summed E-state index contributed by atoms with van der Waals surface area (Å²) in [4.78, 5) is 144. The number of phenolic OH excluding ortho intramolecular Hbond substituents is 1. The van der Waals surface area contributed by atoms with E-state index >= 15 is 0 Å². The fraction of sp³-hybridized carbons (Fsp3) is 0.595. The third-order valence-electron chi connectivity index (χ3n) is 10.6. The van der Waals surface area contributed by atoms with Gasteiger partial charge in [-0.15, -0.1) is 0 Å². The second kappa shape index (κ2) is 26.9. The number of hydrogen-bond acceptors (Lipinski definition) is 14. The van der Waals surface area contributed by atoms with Gasteiger partial charge in [-0.3, -0.25) is 47.9 Å². The van der Waals surface area contributed by atoms with E-state index in [1.165, 1.54) is 29.2 Å². The number of amides is 10.